The van der Waals surface area contributed by atoms with Crippen LogP contribution in [-0.2, 0) is 6.42 Å². The SMILES string of the molecule is CCc1occc1C(=O)Nc1cccc(C#CCN)n1. The van der Waals surface area contributed by atoms with Crippen LogP contribution in [0.25, 0.3) is 0 Å². The molecule has 0 atom stereocenters. The molecule has 0 aliphatic rings. The Kier molecular flexibility index (Phi) is 4.53. The molecule has 0 saturated carbocycles. The predicted molar refractivity (Wildman–Crippen MR) is 76.2 cm³/mol. The monoisotopic (exact) mass is 269 g/mol. The van der Waals surface area contributed by atoms with Crippen LogP contribution in [0.4, 0.5) is 5.82 Å². The van der Waals surface area contributed by atoms with Crippen molar-refractivity contribution in [2.75, 3.05) is 11.9 Å². The van der Waals surface area contributed by atoms with E-state index in [1.165, 1.54) is 6.26 Å². The van der Waals surface area contributed by atoms with E-state index in [2.05, 4.69) is 22.1 Å². The van der Waals surface area contributed by atoms with E-state index >= 15 is 0 Å². The highest BCUT2D eigenvalue weighted by atomic mass is 16.3. The first-order chi connectivity index (χ1) is 9.74. The second kappa shape index (κ2) is 6.55. The second-order valence-corrected chi connectivity index (χ2v) is 3.98. The Morgan fingerprint density at radius 2 is 2.30 bits per heavy atom. The van der Waals surface area contributed by atoms with Gasteiger partial charge in [0.2, 0.25) is 0 Å². The number of carbonyl (C=O) groups is 1. The Labute approximate surface area is 117 Å². The van der Waals surface area contributed by atoms with Gasteiger partial charge in [-0.3, -0.25) is 4.79 Å². The summed E-state index contributed by atoms with van der Waals surface area (Å²) in [5.41, 5.74) is 6.40. The van der Waals surface area contributed by atoms with Gasteiger partial charge in [0.15, 0.2) is 0 Å². The molecule has 3 N–H and O–H groups in total. The van der Waals surface area contributed by atoms with Gasteiger partial charge in [-0.05, 0) is 24.1 Å². The van der Waals surface area contributed by atoms with Crippen LogP contribution in [0.2, 0.25) is 0 Å². The van der Waals surface area contributed by atoms with Gasteiger partial charge in [0, 0.05) is 6.42 Å². The van der Waals surface area contributed by atoms with E-state index in [-0.39, 0.29) is 12.5 Å². The summed E-state index contributed by atoms with van der Waals surface area (Å²) in [6.07, 6.45) is 2.16. The van der Waals surface area contributed by atoms with Gasteiger partial charge in [0.1, 0.15) is 17.3 Å². The van der Waals surface area contributed by atoms with E-state index in [0.717, 1.165) is 0 Å². The molecule has 0 radical (unpaired) electrons. The van der Waals surface area contributed by atoms with E-state index in [1.807, 2.05) is 6.92 Å². The van der Waals surface area contributed by atoms with Crippen LogP contribution in [0.1, 0.15) is 28.7 Å². The highest BCUT2D eigenvalue weighted by Crippen LogP contribution is 2.13. The van der Waals surface area contributed by atoms with Gasteiger partial charge in [-0.15, -0.1) is 0 Å². The predicted octanol–water partition coefficient (Wildman–Crippen LogP) is 1.80. The minimum Gasteiger partial charge on any atom is -0.469 e. The maximum atomic E-state index is 12.1. The standard InChI is InChI=1S/C15H15N3O2/c1-2-13-12(8-10-20-13)15(19)18-14-7-3-5-11(17-14)6-4-9-16/h3,5,7-8,10H,2,9,16H2,1H3,(H,17,18,19). The fourth-order valence-corrected chi connectivity index (χ4v) is 1.72. The van der Waals surface area contributed by atoms with Gasteiger partial charge >= 0.3 is 0 Å². The van der Waals surface area contributed by atoms with E-state index in [4.69, 9.17) is 10.2 Å². The first-order valence-corrected chi connectivity index (χ1v) is 6.28. The molecule has 0 saturated heterocycles. The molecule has 0 aliphatic heterocycles. The van der Waals surface area contributed by atoms with Crippen LogP contribution in [-0.4, -0.2) is 17.4 Å². The molecule has 2 aromatic rings. The van der Waals surface area contributed by atoms with Gasteiger partial charge in [-0.1, -0.05) is 18.9 Å². The van der Waals surface area contributed by atoms with Crippen molar-refractivity contribution < 1.29 is 9.21 Å². The number of anilines is 1. The lowest BCUT2D eigenvalue weighted by molar-refractivity contribution is 0.102. The van der Waals surface area contributed by atoms with Crippen molar-refractivity contribution in [2.24, 2.45) is 5.73 Å². The molecule has 0 unspecified atom stereocenters. The first kappa shape index (κ1) is 13.8. The van der Waals surface area contributed by atoms with Gasteiger partial charge in [0.25, 0.3) is 5.91 Å². The second-order valence-electron chi connectivity index (χ2n) is 3.98. The summed E-state index contributed by atoms with van der Waals surface area (Å²) in [6, 6.07) is 6.89. The molecule has 102 valence electrons. The van der Waals surface area contributed by atoms with Crippen LogP contribution in [0.3, 0.4) is 0 Å². The zero-order valence-corrected chi connectivity index (χ0v) is 11.1. The van der Waals surface area contributed by atoms with E-state index in [1.54, 1.807) is 24.3 Å². The molecule has 2 aromatic heterocycles. The lowest BCUT2D eigenvalue weighted by Gasteiger charge is -2.04. The molecule has 0 fully saturated rings. The summed E-state index contributed by atoms with van der Waals surface area (Å²) in [7, 11) is 0. The van der Waals surface area contributed by atoms with Crippen molar-refractivity contribution in [3.63, 3.8) is 0 Å². The Bertz CT molecular complexity index is 665. The molecule has 0 aromatic carbocycles. The molecule has 0 bridgehead atoms. The largest absolute Gasteiger partial charge is 0.469 e. The Morgan fingerprint density at radius 3 is 3.05 bits per heavy atom. The van der Waals surface area contributed by atoms with Crippen molar-refractivity contribution in [3.05, 3.63) is 47.5 Å². The van der Waals surface area contributed by atoms with Crippen molar-refractivity contribution in [1.29, 1.82) is 0 Å². The quantitative estimate of drug-likeness (QED) is 0.832. The fourth-order valence-electron chi connectivity index (χ4n) is 1.72. The molecular formula is C15H15N3O2. The number of furan rings is 1. The summed E-state index contributed by atoms with van der Waals surface area (Å²) in [4.78, 5) is 16.3. The Hall–Kier alpha value is -2.58. The molecule has 5 nitrogen and oxygen atoms in total. The molecule has 0 aliphatic carbocycles. The number of aryl methyl sites for hydroxylation is 1. The summed E-state index contributed by atoms with van der Waals surface area (Å²) in [5.74, 6) is 6.39. The van der Waals surface area contributed by atoms with Gasteiger partial charge < -0.3 is 15.5 Å². The third-order valence-electron chi connectivity index (χ3n) is 2.62. The van der Waals surface area contributed by atoms with E-state index < -0.39 is 0 Å². The molecule has 20 heavy (non-hydrogen) atoms. The normalized spacial score (nSPS) is 9.70. The summed E-state index contributed by atoms with van der Waals surface area (Å²) in [5, 5.41) is 2.73. The molecule has 1 amide bonds. The lowest BCUT2D eigenvalue weighted by atomic mass is 10.2. The van der Waals surface area contributed by atoms with E-state index in [0.29, 0.717) is 29.3 Å². The average molecular weight is 269 g/mol. The van der Waals surface area contributed by atoms with Crippen LogP contribution in [0.5, 0.6) is 0 Å². The number of amides is 1. The minimum atomic E-state index is -0.243. The molecule has 0 spiro atoms. The van der Waals surface area contributed by atoms with Gasteiger partial charge in [-0.25, -0.2) is 4.98 Å². The number of rotatable bonds is 3. The van der Waals surface area contributed by atoms with Crippen LogP contribution in [0.15, 0.2) is 34.9 Å². The molecule has 5 heteroatoms. The fraction of sp³-hybridized carbons (Fsp3) is 0.200. The summed E-state index contributed by atoms with van der Waals surface area (Å²) in [6.45, 7) is 2.20. The number of aromatic nitrogens is 1. The van der Waals surface area contributed by atoms with Crippen molar-refractivity contribution in [2.45, 2.75) is 13.3 Å². The Morgan fingerprint density at radius 1 is 1.45 bits per heavy atom. The average Bonchev–Trinajstić information content (AvgIpc) is 2.94. The van der Waals surface area contributed by atoms with Crippen molar-refractivity contribution >= 4 is 11.7 Å². The zero-order chi connectivity index (χ0) is 14.4. The summed E-state index contributed by atoms with van der Waals surface area (Å²) >= 11 is 0. The maximum Gasteiger partial charge on any atom is 0.260 e. The zero-order valence-electron chi connectivity index (χ0n) is 11.1. The number of hydrogen-bond acceptors (Lipinski definition) is 4. The van der Waals surface area contributed by atoms with Crippen molar-refractivity contribution in [3.8, 4) is 11.8 Å². The Balaban J connectivity index is 2.16. The molecular weight excluding hydrogens is 254 g/mol. The third-order valence-corrected chi connectivity index (χ3v) is 2.62. The topological polar surface area (TPSA) is 81.2 Å². The van der Waals surface area contributed by atoms with Crippen LogP contribution in [0, 0.1) is 11.8 Å². The van der Waals surface area contributed by atoms with Gasteiger partial charge in [0.05, 0.1) is 18.4 Å². The summed E-state index contributed by atoms with van der Waals surface area (Å²) < 4.78 is 5.23. The third kappa shape index (κ3) is 3.25. The maximum absolute atomic E-state index is 12.1. The van der Waals surface area contributed by atoms with Crippen molar-refractivity contribution in [1.82, 2.24) is 4.98 Å². The number of pyridine rings is 1. The number of hydrogen-bond donors (Lipinski definition) is 2. The number of carbonyl (C=O) groups excluding carboxylic acids is 1. The minimum absolute atomic E-state index is 0.243. The first-order valence-electron chi connectivity index (χ1n) is 6.28. The molecule has 2 rings (SSSR count). The lowest BCUT2D eigenvalue weighted by Crippen LogP contribution is -2.14. The molecule has 2 heterocycles. The highest BCUT2D eigenvalue weighted by Gasteiger charge is 2.13. The number of nitrogens with one attached hydrogen (secondary N) is 1. The smallest absolute Gasteiger partial charge is 0.260 e. The van der Waals surface area contributed by atoms with Crippen LogP contribution >= 0.6 is 0 Å². The van der Waals surface area contributed by atoms with E-state index in [9.17, 15) is 4.79 Å². The van der Waals surface area contributed by atoms with Crippen LogP contribution < -0.4 is 11.1 Å². The highest BCUT2D eigenvalue weighted by molar-refractivity contribution is 6.04. The number of nitrogens with zero attached hydrogens (tertiary/aromatic N) is 1. The number of nitrogens with two attached hydrogens (primary N) is 1. The van der Waals surface area contributed by atoms with Gasteiger partial charge in [-0.2, -0.15) is 0 Å².